The summed E-state index contributed by atoms with van der Waals surface area (Å²) in [5.74, 6) is 0.489. The van der Waals surface area contributed by atoms with Crippen molar-refractivity contribution < 1.29 is 0 Å². The lowest BCUT2D eigenvalue weighted by molar-refractivity contribution is 0.363. The molecular formula is C17H21N5. The number of fused-ring (bicyclic) bond motifs is 1. The summed E-state index contributed by atoms with van der Waals surface area (Å²) in [7, 11) is 0. The van der Waals surface area contributed by atoms with E-state index in [1.54, 1.807) is 0 Å². The molecule has 3 rings (SSSR count). The van der Waals surface area contributed by atoms with Gasteiger partial charge in [0, 0.05) is 6.42 Å². The van der Waals surface area contributed by atoms with Gasteiger partial charge < -0.3 is 5.73 Å². The topological polar surface area (TPSA) is 69.6 Å². The first kappa shape index (κ1) is 14.5. The van der Waals surface area contributed by atoms with Gasteiger partial charge in [-0.3, -0.25) is 0 Å². The SMILES string of the molecule is Cc1ccc(Cc2nn(C(C)(C)C)c3ncnc(N)c23)cc1. The van der Waals surface area contributed by atoms with Crippen LogP contribution in [-0.4, -0.2) is 19.7 Å². The van der Waals surface area contributed by atoms with Crippen LogP contribution < -0.4 is 5.73 Å². The quantitative estimate of drug-likeness (QED) is 0.789. The van der Waals surface area contributed by atoms with Crippen molar-refractivity contribution in [2.75, 3.05) is 5.73 Å². The number of hydrogen-bond acceptors (Lipinski definition) is 4. The van der Waals surface area contributed by atoms with Crippen LogP contribution in [0.3, 0.4) is 0 Å². The third-order valence-electron chi connectivity index (χ3n) is 3.69. The minimum Gasteiger partial charge on any atom is -0.383 e. The van der Waals surface area contributed by atoms with Crippen molar-refractivity contribution in [1.82, 2.24) is 19.7 Å². The number of anilines is 1. The van der Waals surface area contributed by atoms with Crippen LogP contribution in [0, 0.1) is 6.92 Å². The largest absolute Gasteiger partial charge is 0.383 e. The second-order valence-corrected chi connectivity index (χ2v) is 6.65. The highest BCUT2D eigenvalue weighted by Gasteiger charge is 2.23. The molecular weight excluding hydrogens is 274 g/mol. The summed E-state index contributed by atoms with van der Waals surface area (Å²) in [5, 5.41) is 5.63. The summed E-state index contributed by atoms with van der Waals surface area (Å²) in [4.78, 5) is 8.53. The van der Waals surface area contributed by atoms with Gasteiger partial charge in [-0.1, -0.05) is 29.8 Å². The molecule has 5 heteroatoms. The Hall–Kier alpha value is -2.43. The Bertz CT molecular complexity index is 809. The molecule has 0 spiro atoms. The standard InChI is InChI=1S/C17H21N5/c1-11-5-7-12(8-6-11)9-13-14-15(18)19-10-20-16(14)22(21-13)17(2,3)4/h5-8,10H,9H2,1-4H3,(H2,18,19,20). The van der Waals surface area contributed by atoms with E-state index in [0.717, 1.165) is 23.1 Å². The Kier molecular flexibility index (Phi) is 3.35. The summed E-state index contributed by atoms with van der Waals surface area (Å²) in [5.41, 5.74) is 10.1. The van der Waals surface area contributed by atoms with E-state index in [1.165, 1.54) is 17.5 Å². The molecule has 0 saturated heterocycles. The van der Waals surface area contributed by atoms with Gasteiger partial charge in [-0.25, -0.2) is 14.6 Å². The van der Waals surface area contributed by atoms with Crippen molar-refractivity contribution in [2.24, 2.45) is 0 Å². The van der Waals surface area contributed by atoms with Crippen LogP contribution >= 0.6 is 0 Å². The molecule has 2 heterocycles. The van der Waals surface area contributed by atoms with Crippen molar-refractivity contribution in [3.63, 3.8) is 0 Å². The fraction of sp³-hybridized carbons (Fsp3) is 0.353. The Balaban J connectivity index is 2.15. The van der Waals surface area contributed by atoms with Crippen LogP contribution in [0.15, 0.2) is 30.6 Å². The number of benzene rings is 1. The molecule has 5 nitrogen and oxygen atoms in total. The molecule has 0 fully saturated rings. The monoisotopic (exact) mass is 295 g/mol. The van der Waals surface area contributed by atoms with E-state index in [-0.39, 0.29) is 5.54 Å². The number of hydrogen-bond donors (Lipinski definition) is 1. The summed E-state index contributed by atoms with van der Waals surface area (Å²) >= 11 is 0. The fourth-order valence-corrected chi connectivity index (χ4v) is 2.54. The molecule has 0 amide bonds. The molecule has 0 bridgehead atoms. The number of nitrogen functional groups attached to an aromatic ring is 1. The van der Waals surface area contributed by atoms with Crippen LogP contribution in [0.1, 0.15) is 37.6 Å². The molecule has 0 radical (unpaired) electrons. The van der Waals surface area contributed by atoms with E-state index in [2.05, 4.69) is 61.9 Å². The van der Waals surface area contributed by atoms with E-state index >= 15 is 0 Å². The van der Waals surface area contributed by atoms with Gasteiger partial charge in [-0.05, 0) is 33.3 Å². The van der Waals surface area contributed by atoms with Crippen LogP contribution in [0.4, 0.5) is 5.82 Å². The molecule has 0 aliphatic rings. The van der Waals surface area contributed by atoms with Crippen molar-refractivity contribution in [2.45, 2.75) is 39.7 Å². The predicted octanol–water partition coefficient (Wildman–Crippen LogP) is 3.06. The van der Waals surface area contributed by atoms with Crippen molar-refractivity contribution in [1.29, 1.82) is 0 Å². The van der Waals surface area contributed by atoms with Crippen LogP contribution in [0.2, 0.25) is 0 Å². The van der Waals surface area contributed by atoms with E-state index in [9.17, 15) is 0 Å². The van der Waals surface area contributed by atoms with Gasteiger partial charge in [-0.2, -0.15) is 5.10 Å². The molecule has 22 heavy (non-hydrogen) atoms. The van der Waals surface area contributed by atoms with Crippen LogP contribution in [-0.2, 0) is 12.0 Å². The highest BCUT2D eigenvalue weighted by Crippen LogP contribution is 2.27. The normalized spacial score (nSPS) is 12.0. The van der Waals surface area contributed by atoms with E-state index in [1.807, 2.05) is 4.68 Å². The molecule has 2 N–H and O–H groups in total. The Morgan fingerprint density at radius 2 is 1.77 bits per heavy atom. The zero-order valence-electron chi connectivity index (χ0n) is 13.5. The lowest BCUT2D eigenvalue weighted by atomic mass is 10.1. The van der Waals surface area contributed by atoms with Gasteiger partial charge >= 0.3 is 0 Å². The highest BCUT2D eigenvalue weighted by molar-refractivity contribution is 5.88. The number of nitrogens with two attached hydrogens (primary N) is 1. The summed E-state index contributed by atoms with van der Waals surface area (Å²) in [6, 6.07) is 8.46. The number of aromatic nitrogens is 4. The molecule has 3 aromatic rings. The minimum atomic E-state index is -0.162. The van der Waals surface area contributed by atoms with E-state index in [0.29, 0.717) is 5.82 Å². The van der Waals surface area contributed by atoms with Gasteiger partial charge in [0.2, 0.25) is 0 Å². The van der Waals surface area contributed by atoms with Gasteiger partial charge in [-0.15, -0.1) is 0 Å². The molecule has 0 aliphatic carbocycles. The lowest BCUT2D eigenvalue weighted by Gasteiger charge is -2.19. The average Bonchev–Trinajstić information content (AvgIpc) is 2.82. The molecule has 0 unspecified atom stereocenters. The predicted molar refractivity (Wildman–Crippen MR) is 88.7 cm³/mol. The number of rotatable bonds is 2. The molecule has 0 saturated carbocycles. The third-order valence-corrected chi connectivity index (χ3v) is 3.69. The zero-order chi connectivity index (χ0) is 15.9. The first-order valence-electron chi connectivity index (χ1n) is 7.40. The summed E-state index contributed by atoms with van der Waals surface area (Å²) < 4.78 is 1.93. The van der Waals surface area contributed by atoms with Crippen molar-refractivity contribution in [3.05, 3.63) is 47.4 Å². The second kappa shape index (κ2) is 5.09. The summed E-state index contributed by atoms with van der Waals surface area (Å²) in [6.45, 7) is 8.40. The van der Waals surface area contributed by atoms with Crippen molar-refractivity contribution in [3.8, 4) is 0 Å². The first-order valence-corrected chi connectivity index (χ1v) is 7.40. The third kappa shape index (κ3) is 2.54. The zero-order valence-corrected chi connectivity index (χ0v) is 13.5. The fourth-order valence-electron chi connectivity index (χ4n) is 2.54. The Morgan fingerprint density at radius 1 is 1.09 bits per heavy atom. The average molecular weight is 295 g/mol. The number of aryl methyl sites for hydroxylation is 1. The van der Waals surface area contributed by atoms with Crippen LogP contribution in [0.5, 0.6) is 0 Å². The maximum absolute atomic E-state index is 6.09. The van der Waals surface area contributed by atoms with Gasteiger partial charge in [0.15, 0.2) is 5.65 Å². The molecule has 2 aromatic heterocycles. The number of nitrogens with zero attached hydrogens (tertiary/aromatic N) is 4. The lowest BCUT2D eigenvalue weighted by Crippen LogP contribution is -2.23. The van der Waals surface area contributed by atoms with Gasteiger partial charge in [0.05, 0.1) is 16.6 Å². The second-order valence-electron chi connectivity index (χ2n) is 6.65. The van der Waals surface area contributed by atoms with Gasteiger partial charge in [0.25, 0.3) is 0 Å². The molecule has 114 valence electrons. The highest BCUT2D eigenvalue weighted by atomic mass is 15.3. The first-order chi connectivity index (χ1) is 10.4. The van der Waals surface area contributed by atoms with E-state index < -0.39 is 0 Å². The summed E-state index contributed by atoms with van der Waals surface area (Å²) in [6.07, 6.45) is 2.22. The van der Waals surface area contributed by atoms with Gasteiger partial charge in [0.1, 0.15) is 12.1 Å². The molecule has 0 aliphatic heterocycles. The Morgan fingerprint density at radius 3 is 2.41 bits per heavy atom. The van der Waals surface area contributed by atoms with Crippen LogP contribution in [0.25, 0.3) is 11.0 Å². The molecule has 0 atom stereocenters. The maximum atomic E-state index is 6.09. The molecule has 1 aromatic carbocycles. The minimum absolute atomic E-state index is 0.162. The smallest absolute Gasteiger partial charge is 0.164 e. The maximum Gasteiger partial charge on any atom is 0.164 e. The van der Waals surface area contributed by atoms with Crippen molar-refractivity contribution >= 4 is 16.9 Å². The van der Waals surface area contributed by atoms with E-state index in [4.69, 9.17) is 10.8 Å². The Labute approximate surface area is 130 Å².